The van der Waals surface area contributed by atoms with Crippen molar-refractivity contribution < 1.29 is 32.9 Å². The molecule has 9 heteroatoms. The summed E-state index contributed by atoms with van der Waals surface area (Å²) in [4.78, 5) is 25.6. The van der Waals surface area contributed by atoms with Gasteiger partial charge < -0.3 is 28.8 Å². The van der Waals surface area contributed by atoms with E-state index in [4.69, 9.17) is 9.05 Å². The van der Waals surface area contributed by atoms with Crippen molar-refractivity contribution in [1.29, 1.82) is 0 Å². The molecule has 0 aromatic carbocycles. The number of hydrogen-bond donors (Lipinski definition) is 2. The quantitative estimate of drug-likeness (QED) is 0.0272. The van der Waals surface area contributed by atoms with E-state index >= 15 is 0 Å². The number of hydrogen-bond acceptors (Lipinski definition) is 6. The van der Waals surface area contributed by atoms with Crippen LogP contribution in [-0.2, 0) is 18.4 Å². The molecule has 0 aromatic heterocycles. The van der Waals surface area contributed by atoms with Crippen LogP contribution in [0, 0.1) is 0 Å². The molecule has 0 aliphatic carbocycles. The zero-order valence-corrected chi connectivity index (χ0v) is 54.0. The van der Waals surface area contributed by atoms with Crippen molar-refractivity contribution in [2.24, 2.45) is 0 Å². The first-order chi connectivity index (χ1) is 38.5. The molecular weight excluding hydrogens is 996 g/mol. The summed E-state index contributed by atoms with van der Waals surface area (Å²) < 4.78 is 23.4. The number of likely N-dealkylation sites (N-methyl/N-ethyl adjacent to an activating group) is 1. The van der Waals surface area contributed by atoms with Gasteiger partial charge in [0.05, 0.1) is 39.9 Å². The SMILES string of the molecule is CCCCCCC/C=C\C/C=C\C/C=C\CCCCCCCCCCCCCCCCCCCCCCCCC(=O)NC(COP(=O)([O-])OCC[N+](C)(C)C)C(O)/C=C/CC/C=C/CCCCCCCCCCCCCCCC. The summed E-state index contributed by atoms with van der Waals surface area (Å²) in [6.07, 6.45) is 83.4. The standard InChI is InChI=1S/C70H133N2O6P/c1-6-8-10-12-14-16-18-20-22-24-26-28-29-30-31-32-33-34-35-36-37-38-39-40-41-42-43-44-46-48-50-52-54-56-58-60-62-64-70(74)71-68(67-78-79(75,76)77-66-65-72(3,4)5)69(73)63-61-59-57-55-53-51-49-47-45-27-25-23-21-19-17-15-13-11-9-7-2/h18,20,24,26,29-30,53,55,61,63,68-69,73H,6-17,19,21-23,25,27-28,31-52,54,56-60,62,64-67H2,1-5H3,(H-,71,74,75,76)/b20-18-,26-24-,30-29-,55-53+,63-61+. The van der Waals surface area contributed by atoms with Gasteiger partial charge in [-0.25, -0.2) is 0 Å². The van der Waals surface area contributed by atoms with E-state index in [-0.39, 0.29) is 12.5 Å². The van der Waals surface area contributed by atoms with E-state index in [2.05, 4.69) is 67.8 Å². The summed E-state index contributed by atoms with van der Waals surface area (Å²) in [6, 6.07) is -0.904. The fourth-order valence-electron chi connectivity index (χ4n) is 10.1. The predicted octanol–water partition coefficient (Wildman–Crippen LogP) is 21.0. The maximum Gasteiger partial charge on any atom is 0.268 e. The van der Waals surface area contributed by atoms with Crippen molar-refractivity contribution in [1.82, 2.24) is 5.32 Å². The molecule has 0 aliphatic rings. The maximum absolute atomic E-state index is 13.0. The summed E-state index contributed by atoms with van der Waals surface area (Å²) in [5.41, 5.74) is 0. The summed E-state index contributed by atoms with van der Waals surface area (Å²) in [5.74, 6) is -0.202. The van der Waals surface area contributed by atoms with Crippen LogP contribution in [0.1, 0.15) is 328 Å². The summed E-state index contributed by atoms with van der Waals surface area (Å²) in [7, 11) is 1.25. The third-order valence-electron chi connectivity index (χ3n) is 15.4. The van der Waals surface area contributed by atoms with E-state index in [0.717, 1.165) is 51.4 Å². The molecule has 3 atom stereocenters. The number of unbranched alkanes of at least 4 members (excludes halogenated alkanes) is 42. The Morgan fingerprint density at radius 2 is 0.747 bits per heavy atom. The Kier molecular flexibility index (Phi) is 59.4. The van der Waals surface area contributed by atoms with E-state index < -0.39 is 26.6 Å². The van der Waals surface area contributed by atoms with E-state index in [1.165, 1.54) is 257 Å². The average Bonchev–Trinajstić information content (AvgIpc) is 3.42. The molecule has 0 saturated heterocycles. The van der Waals surface area contributed by atoms with Crippen LogP contribution in [0.5, 0.6) is 0 Å². The van der Waals surface area contributed by atoms with Gasteiger partial charge in [-0.15, -0.1) is 0 Å². The van der Waals surface area contributed by atoms with Gasteiger partial charge in [0.2, 0.25) is 5.91 Å². The molecule has 0 fully saturated rings. The highest BCUT2D eigenvalue weighted by Gasteiger charge is 2.23. The zero-order valence-electron chi connectivity index (χ0n) is 53.1. The lowest BCUT2D eigenvalue weighted by Crippen LogP contribution is -2.45. The van der Waals surface area contributed by atoms with Crippen LogP contribution in [0.25, 0.3) is 0 Å². The lowest BCUT2D eigenvalue weighted by Gasteiger charge is -2.29. The topological polar surface area (TPSA) is 108 Å². The average molecular weight is 1130 g/mol. The van der Waals surface area contributed by atoms with Crippen molar-refractivity contribution in [2.75, 3.05) is 40.9 Å². The van der Waals surface area contributed by atoms with Gasteiger partial charge in [-0.2, -0.15) is 0 Å². The van der Waals surface area contributed by atoms with E-state index in [1.54, 1.807) is 6.08 Å². The summed E-state index contributed by atoms with van der Waals surface area (Å²) >= 11 is 0. The minimum atomic E-state index is -4.61. The van der Waals surface area contributed by atoms with Crippen molar-refractivity contribution in [3.05, 3.63) is 60.8 Å². The van der Waals surface area contributed by atoms with Crippen molar-refractivity contribution >= 4 is 13.7 Å². The van der Waals surface area contributed by atoms with Gasteiger partial charge in [0, 0.05) is 6.42 Å². The number of carbonyl (C=O) groups excluding carboxylic acids is 1. The Labute approximate surface area is 492 Å². The smallest absolute Gasteiger partial charge is 0.268 e. The number of aliphatic hydroxyl groups is 1. The molecule has 0 aromatic rings. The molecule has 0 aliphatic heterocycles. The van der Waals surface area contributed by atoms with Gasteiger partial charge in [0.15, 0.2) is 0 Å². The molecule has 0 rings (SSSR count). The Balaban J connectivity index is 4.01. The lowest BCUT2D eigenvalue weighted by atomic mass is 10.0. The molecule has 1 amide bonds. The number of rotatable bonds is 63. The monoisotopic (exact) mass is 1130 g/mol. The first-order valence-electron chi connectivity index (χ1n) is 34.2. The number of amides is 1. The Bertz CT molecular complexity index is 1470. The Hall–Kier alpha value is -1.80. The highest BCUT2D eigenvalue weighted by atomic mass is 31.2. The van der Waals surface area contributed by atoms with Crippen molar-refractivity contribution in [3.63, 3.8) is 0 Å². The third-order valence-corrected chi connectivity index (χ3v) is 16.4. The van der Waals surface area contributed by atoms with Crippen molar-refractivity contribution in [3.8, 4) is 0 Å². The molecule has 2 N–H and O–H groups in total. The minimum Gasteiger partial charge on any atom is -0.756 e. The number of phosphoric acid groups is 1. The predicted molar refractivity (Wildman–Crippen MR) is 344 cm³/mol. The van der Waals surface area contributed by atoms with Gasteiger partial charge in [-0.1, -0.05) is 312 Å². The molecule has 464 valence electrons. The first-order valence-corrected chi connectivity index (χ1v) is 35.6. The van der Waals surface area contributed by atoms with Gasteiger partial charge >= 0.3 is 0 Å². The summed E-state index contributed by atoms with van der Waals surface area (Å²) in [5, 5.41) is 13.9. The second-order valence-electron chi connectivity index (χ2n) is 24.5. The second kappa shape index (κ2) is 60.8. The van der Waals surface area contributed by atoms with Crippen LogP contribution in [0.3, 0.4) is 0 Å². The fraction of sp³-hybridized carbons (Fsp3) is 0.843. The lowest BCUT2D eigenvalue weighted by molar-refractivity contribution is -0.870. The Morgan fingerprint density at radius 1 is 0.443 bits per heavy atom. The maximum atomic E-state index is 13.0. The molecule has 0 spiro atoms. The number of carbonyl (C=O) groups is 1. The van der Waals surface area contributed by atoms with Crippen LogP contribution in [-0.4, -0.2) is 68.5 Å². The molecular formula is C70H133N2O6P. The van der Waals surface area contributed by atoms with Gasteiger partial charge in [-0.3, -0.25) is 9.36 Å². The van der Waals surface area contributed by atoms with Crippen LogP contribution < -0.4 is 10.2 Å². The van der Waals surface area contributed by atoms with Crippen LogP contribution in [0.2, 0.25) is 0 Å². The fourth-order valence-corrected chi connectivity index (χ4v) is 10.8. The number of nitrogens with one attached hydrogen (secondary N) is 1. The Morgan fingerprint density at radius 3 is 1.11 bits per heavy atom. The largest absolute Gasteiger partial charge is 0.756 e. The number of quaternary nitrogens is 1. The normalized spacial score (nSPS) is 14.1. The highest BCUT2D eigenvalue weighted by Crippen LogP contribution is 2.38. The van der Waals surface area contributed by atoms with Crippen LogP contribution in [0.15, 0.2) is 60.8 Å². The van der Waals surface area contributed by atoms with Crippen LogP contribution in [0.4, 0.5) is 0 Å². The van der Waals surface area contributed by atoms with E-state index in [0.29, 0.717) is 17.4 Å². The van der Waals surface area contributed by atoms with E-state index in [9.17, 15) is 19.4 Å². The van der Waals surface area contributed by atoms with Gasteiger partial charge in [0.1, 0.15) is 13.2 Å². The number of phosphoric ester groups is 1. The van der Waals surface area contributed by atoms with Gasteiger partial charge in [-0.05, 0) is 70.6 Å². The number of nitrogens with zero attached hydrogens (tertiary/aromatic N) is 1. The number of aliphatic hydroxyl groups excluding tert-OH is 1. The zero-order chi connectivity index (χ0) is 57.7. The molecule has 8 nitrogen and oxygen atoms in total. The third kappa shape index (κ3) is 63.6. The molecule has 0 saturated carbocycles. The van der Waals surface area contributed by atoms with Crippen LogP contribution >= 0.6 is 7.82 Å². The molecule has 0 radical (unpaired) electrons. The molecule has 3 unspecified atom stereocenters. The van der Waals surface area contributed by atoms with Crippen molar-refractivity contribution in [2.45, 2.75) is 341 Å². The first kappa shape index (κ1) is 77.2. The highest BCUT2D eigenvalue weighted by molar-refractivity contribution is 7.45. The second-order valence-corrected chi connectivity index (χ2v) is 25.9. The summed E-state index contributed by atoms with van der Waals surface area (Å²) in [6.45, 7) is 4.65. The molecule has 0 heterocycles. The van der Waals surface area contributed by atoms with E-state index in [1.807, 2.05) is 27.2 Å². The molecule has 79 heavy (non-hydrogen) atoms. The number of allylic oxidation sites excluding steroid dienone is 9. The van der Waals surface area contributed by atoms with Gasteiger partial charge in [0.25, 0.3) is 7.82 Å². The molecule has 0 bridgehead atoms. The minimum absolute atomic E-state index is 0.00581.